The first-order valence-corrected chi connectivity index (χ1v) is 9.29. The van der Waals surface area contributed by atoms with Gasteiger partial charge >= 0.3 is 0 Å². The molecule has 2 aromatic heterocycles. The first kappa shape index (κ1) is 19.3. The fraction of sp³-hybridized carbons (Fsp3) is 0.238. The Morgan fingerprint density at radius 2 is 1.71 bits per heavy atom. The van der Waals surface area contributed by atoms with Crippen molar-refractivity contribution in [3.05, 3.63) is 66.1 Å². The van der Waals surface area contributed by atoms with Gasteiger partial charge in [0.1, 0.15) is 11.5 Å². The summed E-state index contributed by atoms with van der Waals surface area (Å²) in [6.07, 6.45) is 1.59. The van der Waals surface area contributed by atoms with E-state index in [2.05, 4.69) is 44.3 Å². The van der Waals surface area contributed by atoms with Gasteiger partial charge in [-0.2, -0.15) is 4.98 Å². The lowest BCUT2D eigenvalue weighted by Gasteiger charge is -2.20. The van der Waals surface area contributed by atoms with E-state index < -0.39 is 0 Å². The standard InChI is InChI=1S/C21H24N6O/c1-4-27(5-2)19-14-15(3)23-21(26-19)25-17-11-9-16(10-12-17)24-20(28)18-8-6-7-13-22-18/h6-14H,4-5H2,1-3H3,(H,24,28)(H,23,25,26). The normalized spacial score (nSPS) is 10.4. The van der Waals surface area contributed by atoms with Gasteiger partial charge in [0.15, 0.2) is 0 Å². The molecule has 144 valence electrons. The van der Waals surface area contributed by atoms with Gasteiger partial charge < -0.3 is 15.5 Å². The van der Waals surface area contributed by atoms with Crippen molar-refractivity contribution in [1.82, 2.24) is 15.0 Å². The number of amides is 1. The zero-order chi connectivity index (χ0) is 19.9. The Balaban J connectivity index is 1.70. The number of carbonyl (C=O) groups is 1. The summed E-state index contributed by atoms with van der Waals surface area (Å²) < 4.78 is 0. The summed E-state index contributed by atoms with van der Waals surface area (Å²) in [7, 11) is 0. The molecule has 0 bridgehead atoms. The zero-order valence-corrected chi connectivity index (χ0v) is 16.3. The summed E-state index contributed by atoms with van der Waals surface area (Å²) in [6, 6.07) is 14.6. The van der Waals surface area contributed by atoms with Crippen molar-refractivity contribution in [2.75, 3.05) is 28.6 Å². The van der Waals surface area contributed by atoms with Gasteiger partial charge in [-0.25, -0.2) is 4.98 Å². The summed E-state index contributed by atoms with van der Waals surface area (Å²) in [5, 5.41) is 6.06. The predicted molar refractivity (Wildman–Crippen MR) is 112 cm³/mol. The number of rotatable bonds is 7. The maximum Gasteiger partial charge on any atom is 0.274 e. The van der Waals surface area contributed by atoms with Gasteiger partial charge in [-0.05, 0) is 57.2 Å². The molecule has 0 atom stereocenters. The molecule has 28 heavy (non-hydrogen) atoms. The first-order chi connectivity index (χ1) is 13.6. The number of carbonyl (C=O) groups excluding carboxylic acids is 1. The molecule has 0 saturated carbocycles. The number of nitrogens with zero attached hydrogens (tertiary/aromatic N) is 4. The van der Waals surface area contributed by atoms with E-state index in [-0.39, 0.29) is 5.91 Å². The maximum absolute atomic E-state index is 12.2. The lowest BCUT2D eigenvalue weighted by atomic mass is 10.2. The first-order valence-electron chi connectivity index (χ1n) is 9.29. The Hall–Kier alpha value is -3.48. The molecular weight excluding hydrogens is 352 g/mol. The van der Waals surface area contributed by atoms with Crippen molar-refractivity contribution in [1.29, 1.82) is 0 Å². The van der Waals surface area contributed by atoms with Gasteiger partial charge in [0.05, 0.1) is 0 Å². The second-order valence-corrected chi connectivity index (χ2v) is 6.23. The van der Waals surface area contributed by atoms with Gasteiger partial charge in [0.25, 0.3) is 5.91 Å². The molecule has 0 aliphatic rings. The van der Waals surface area contributed by atoms with Gasteiger partial charge in [-0.15, -0.1) is 0 Å². The highest BCUT2D eigenvalue weighted by molar-refractivity contribution is 6.02. The van der Waals surface area contributed by atoms with Crippen LogP contribution in [0.4, 0.5) is 23.1 Å². The lowest BCUT2D eigenvalue weighted by Crippen LogP contribution is -2.23. The van der Waals surface area contributed by atoms with E-state index in [1.807, 2.05) is 37.3 Å². The van der Waals surface area contributed by atoms with Crippen LogP contribution in [0.5, 0.6) is 0 Å². The van der Waals surface area contributed by atoms with Crippen molar-refractivity contribution >= 4 is 29.0 Å². The molecule has 2 N–H and O–H groups in total. The van der Waals surface area contributed by atoms with Gasteiger partial charge in [0.2, 0.25) is 5.95 Å². The number of pyridine rings is 1. The minimum atomic E-state index is -0.243. The molecule has 1 amide bonds. The highest BCUT2D eigenvalue weighted by Crippen LogP contribution is 2.20. The molecule has 0 fully saturated rings. The molecule has 3 aromatic rings. The predicted octanol–water partition coefficient (Wildman–Crippen LogP) is 4.02. The summed E-state index contributed by atoms with van der Waals surface area (Å²) in [5.41, 5.74) is 2.81. The van der Waals surface area contributed by atoms with Crippen LogP contribution in [0.3, 0.4) is 0 Å². The largest absolute Gasteiger partial charge is 0.357 e. The van der Waals surface area contributed by atoms with E-state index >= 15 is 0 Å². The zero-order valence-electron chi connectivity index (χ0n) is 16.3. The second-order valence-electron chi connectivity index (χ2n) is 6.23. The second kappa shape index (κ2) is 8.94. The number of hydrogen-bond donors (Lipinski definition) is 2. The Kier molecular flexibility index (Phi) is 6.16. The van der Waals surface area contributed by atoms with Crippen molar-refractivity contribution in [2.24, 2.45) is 0 Å². The highest BCUT2D eigenvalue weighted by Gasteiger charge is 2.09. The number of nitrogens with one attached hydrogen (secondary N) is 2. The van der Waals surface area contributed by atoms with E-state index in [1.54, 1.807) is 24.4 Å². The molecule has 7 nitrogen and oxygen atoms in total. The third-order valence-corrected chi connectivity index (χ3v) is 4.22. The summed E-state index contributed by atoms with van der Waals surface area (Å²) in [4.78, 5) is 27.5. The van der Waals surface area contributed by atoms with Crippen molar-refractivity contribution in [3.63, 3.8) is 0 Å². The van der Waals surface area contributed by atoms with Crippen molar-refractivity contribution in [3.8, 4) is 0 Å². The van der Waals surface area contributed by atoms with Crippen LogP contribution < -0.4 is 15.5 Å². The average molecular weight is 376 g/mol. The molecule has 0 spiro atoms. The van der Waals surface area contributed by atoms with E-state index in [9.17, 15) is 4.79 Å². The molecule has 0 unspecified atom stereocenters. The molecule has 7 heteroatoms. The number of aromatic nitrogens is 3. The van der Waals surface area contributed by atoms with Crippen molar-refractivity contribution < 1.29 is 4.79 Å². The number of benzene rings is 1. The number of aryl methyl sites for hydroxylation is 1. The Morgan fingerprint density at radius 3 is 2.36 bits per heavy atom. The highest BCUT2D eigenvalue weighted by atomic mass is 16.1. The smallest absolute Gasteiger partial charge is 0.274 e. The summed E-state index contributed by atoms with van der Waals surface area (Å²) >= 11 is 0. The van der Waals surface area contributed by atoms with E-state index in [4.69, 9.17) is 0 Å². The summed E-state index contributed by atoms with van der Waals surface area (Å²) in [5.74, 6) is 1.21. The Morgan fingerprint density at radius 1 is 1.00 bits per heavy atom. The topological polar surface area (TPSA) is 83.0 Å². The number of anilines is 4. The third kappa shape index (κ3) is 4.82. The molecule has 0 radical (unpaired) electrons. The minimum absolute atomic E-state index is 0.243. The van der Waals surface area contributed by atoms with Crippen LogP contribution in [-0.2, 0) is 0 Å². The molecular formula is C21H24N6O. The van der Waals surface area contributed by atoms with Crippen LogP contribution in [0.15, 0.2) is 54.7 Å². The Bertz CT molecular complexity index is 923. The van der Waals surface area contributed by atoms with Crippen LogP contribution >= 0.6 is 0 Å². The van der Waals surface area contributed by atoms with Crippen LogP contribution in [0.25, 0.3) is 0 Å². The quantitative estimate of drug-likeness (QED) is 0.648. The van der Waals surface area contributed by atoms with Gasteiger partial charge in [0, 0.05) is 42.4 Å². The Labute approximate surface area is 164 Å². The van der Waals surface area contributed by atoms with E-state index in [0.29, 0.717) is 17.3 Å². The fourth-order valence-corrected chi connectivity index (χ4v) is 2.78. The molecule has 0 aliphatic carbocycles. The maximum atomic E-state index is 12.2. The average Bonchev–Trinajstić information content (AvgIpc) is 2.71. The van der Waals surface area contributed by atoms with E-state index in [0.717, 1.165) is 30.3 Å². The third-order valence-electron chi connectivity index (χ3n) is 4.22. The SMILES string of the molecule is CCN(CC)c1cc(C)nc(Nc2ccc(NC(=O)c3ccccn3)cc2)n1. The fourth-order valence-electron chi connectivity index (χ4n) is 2.78. The number of hydrogen-bond acceptors (Lipinski definition) is 6. The molecule has 2 heterocycles. The molecule has 0 saturated heterocycles. The van der Waals surface area contributed by atoms with E-state index in [1.165, 1.54) is 0 Å². The van der Waals surface area contributed by atoms with Crippen LogP contribution in [0.1, 0.15) is 30.0 Å². The van der Waals surface area contributed by atoms with Crippen LogP contribution in [0, 0.1) is 6.92 Å². The molecule has 1 aromatic carbocycles. The van der Waals surface area contributed by atoms with Crippen LogP contribution in [-0.4, -0.2) is 33.9 Å². The van der Waals surface area contributed by atoms with Gasteiger partial charge in [-0.1, -0.05) is 6.07 Å². The monoisotopic (exact) mass is 376 g/mol. The lowest BCUT2D eigenvalue weighted by molar-refractivity contribution is 0.102. The van der Waals surface area contributed by atoms with Crippen LogP contribution in [0.2, 0.25) is 0 Å². The molecule has 3 rings (SSSR count). The molecule has 0 aliphatic heterocycles. The van der Waals surface area contributed by atoms with Crippen molar-refractivity contribution in [2.45, 2.75) is 20.8 Å². The minimum Gasteiger partial charge on any atom is -0.357 e. The van der Waals surface area contributed by atoms with Gasteiger partial charge in [-0.3, -0.25) is 9.78 Å². The summed E-state index contributed by atoms with van der Waals surface area (Å²) in [6.45, 7) is 7.93.